The zero-order chi connectivity index (χ0) is 13.2. The number of carbonyl (C=O) groups is 1. The van der Waals surface area contributed by atoms with E-state index in [-0.39, 0.29) is 17.9 Å². The number of methoxy groups -OCH3 is 1. The van der Waals surface area contributed by atoms with Gasteiger partial charge < -0.3 is 10.1 Å². The lowest BCUT2D eigenvalue weighted by molar-refractivity contribution is -0.144. The van der Waals surface area contributed by atoms with Gasteiger partial charge in [-0.05, 0) is 30.1 Å². The first-order valence-corrected chi connectivity index (χ1v) is 6.60. The van der Waals surface area contributed by atoms with Crippen molar-refractivity contribution in [2.45, 2.75) is 59.5 Å². The highest BCUT2D eigenvalue weighted by molar-refractivity contribution is 5.76. The molecule has 0 aromatic rings. The first-order chi connectivity index (χ1) is 7.76. The molecule has 2 unspecified atom stereocenters. The lowest BCUT2D eigenvalue weighted by Gasteiger charge is -2.26. The molecule has 3 heteroatoms. The Balaban J connectivity index is 2.65. The number of nitrogens with one attached hydrogen (secondary N) is 1. The van der Waals surface area contributed by atoms with Crippen LogP contribution in [0.2, 0.25) is 0 Å². The van der Waals surface area contributed by atoms with Crippen molar-refractivity contribution < 1.29 is 9.53 Å². The summed E-state index contributed by atoms with van der Waals surface area (Å²) in [7, 11) is 1.46. The molecule has 0 spiro atoms. The van der Waals surface area contributed by atoms with E-state index in [1.54, 1.807) is 0 Å². The molecule has 1 aliphatic carbocycles. The molecule has 1 N–H and O–H groups in total. The maximum absolute atomic E-state index is 11.7. The molecule has 0 aliphatic heterocycles. The lowest BCUT2D eigenvalue weighted by Crippen LogP contribution is -2.48. The molecule has 17 heavy (non-hydrogen) atoms. The van der Waals surface area contributed by atoms with Crippen molar-refractivity contribution in [3.63, 3.8) is 0 Å². The molecule has 0 radical (unpaired) electrons. The predicted octanol–water partition coefficient (Wildman–Crippen LogP) is 2.60. The standard InChI is InChI=1S/C14H27NO2/c1-9(2)12(13(16)17-6)15-11-8-14(4,5)7-10(11)3/h9-12,15H,7-8H2,1-6H3/t10?,11?,12-/m0/s1. The minimum absolute atomic E-state index is 0.142. The molecular weight excluding hydrogens is 214 g/mol. The largest absolute Gasteiger partial charge is 0.468 e. The molecule has 3 nitrogen and oxygen atoms in total. The van der Waals surface area contributed by atoms with Gasteiger partial charge in [0.2, 0.25) is 0 Å². The molecule has 0 bridgehead atoms. The predicted molar refractivity (Wildman–Crippen MR) is 69.7 cm³/mol. The van der Waals surface area contributed by atoms with E-state index in [4.69, 9.17) is 4.74 Å². The number of esters is 1. The lowest BCUT2D eigenvalue weighted by atomic mass is 9.91. The van der Waals surface area contributed by atoms with Gasteiger partial charge in [0.25, 0.3) is 0 Å². The molecule has 100 valence electrons. The van der Waals surface area contributed by atoms with Crippen LogP contribution >= 0.6 is 0 Å². The van der Waals surface area contributed by atoms with Crippen molar-refractivity contribution in [3.8, 4) is 0 Å². The van der Waals surface area contributed by atoms with E-state index in [0.29, 0.717) is 17.4 Å². The molecule has 1 aliphatic rings. The molecule has 0 saturated heterocycles. The summed E-state index contributed by atoms with van der Waals surface area (Å²) in [5.74, 6) is 0.742. The third-order valence-electron chi connectivity index (χ3n) is 3.85. The van der Waals surface area contributed by atoms with Gasteiger partial charge in [-0.15, -0.1) is 0 Å². The molecule has 1 rings (SSSR count). The Hall–Kier alpha value is -0.570. The Morgan fingerprint density at radius 2 is 1.94 bits per heavy atom. The highest BCUT2D eigenvalue weighted by Gasteiger charge is 2.39. The summed E-state index contributed by atoms with van der Waals surface area (Å²) < 4.78 is 4.87. The van der Waals surface area contributed by atoms with Crippen molar-refractivity contribution in [1.29, 1.82) is 0 Å². The van der Waals surface area contributed by atoms with Gasteiger partial charge in [0.15, 0.2) is 0 Å². The van der Waals surface area contributed by atoms with Crippen LogP contribution in [0.15, 0.2) is 0 Å². The van der Waals surface area contributed by atoms with Gasteiger partial charge in [-0.2, -0.15) is 0 Å². The summed E-state index contributed by atoms with van der Waals surface area (Å²) in [6.07, 6.45) is 2.35. The summed E-state index contributed by atoms with van der Waals surface area (Å²) in [5, 5.41) is 3.50. The molecule has 0 heterocycles. The SMILES string of the molecule is COC(=O)[C@@H](NC1CC(C)(C)CC1C)C(C)C. The molecule has 0 aromatic heterocycles. The number of carbonyl (C=O) groups excluding carboxylic acids is 1. The maximum atomic E-state index is 11.7. The maximum Gasteiger partial charge on any atom is 0.323 e. The Morgan fingerprint density at radius 1 is 1.35 bits per heavy atom. The molecule has 3 atom stereocenters. The van der Waals surface area contributed by atoms with Gasteiger partial charge in [-0.1, -0.05) is 34.6 Å². The molecule has 0 amide bonds. The Kier molecular flexibility index (Phi) is 4.59. The van der Waals surface area contributed by atoms with Crippen LogP contribution in [0.25, 0.3) is 0 Å². The van der Waals surface area contributed by atoms with Crippen molar-refractivity contribution in [3.05, 3.63) is 0 Å². The molecule has 1 fully saturated rings. The van der Waals surface area contributed by atoms with E-state index in [2.05, 4.69) is 39.9 Å². The van der Waals surface area contributed by atoms with Gasteiger partial charge in [0.05, 0.1) is 7.11 Å². The van der Waals surface area contributed by atoms with Gasteiger partial charge >= 0.3 is 5.97 Å². The van der Waals surface area contributed by atoms with Crippen LogP contribution in [0.1, 0.15) is 47.5 Å². The van der Waals surface area contributed by atoms with Gasteiger partial charge in [0.1, 0.15) is 6.04 Å². The first-order valence-electron chi connectivity index (χ1n) is 6.60. The van der Waals surface area contributed by atoms with E-state index in [0.717, 1.165) is 6.42 Å². The second kappa shape index (κ2) is 5.38. The van der Waals surface area contributed by atoms with Crippen LogP contribution in [-0.2, 0) is 9.53 Å². The fraction of sp³-hybridized carbons (Fsp3) is 0.929. The Bertz CT molecular complexity index is 273. The zero-order valence-electron chi connectivity index (χ0n) is 12.0. The van der Waals surface area contributed by atoms with Crippen molar-refractivity contribution in [2.24, 2.45) is 17.3 Å². The second-order valence-electron chi connectivity index (χ2n) is 6.57. The van der Waals surface area contributed by atoms with Crippen molar-refractivity contribution in [2.75, 3.05) is 7.11 Å². The van der Waals surface area contributed by atoms with Crippen LogP contribution < -0.4 is 5.32 Å². The summed E-state index contributed by atoms with van der Waals surface area (Å²) in [4.78, 5) is 11.7. The van der Waals surface area contributed by atoms with Crippen molar-refractivity contribution >= 4 is 5.97 Å². The summed E-state index contributed by atoms with van der Waals surface area (Å²) in [6, 6.07) is 0.248. The Morgan fingerprint density at radius 3 is 2.29 bits per heavy atom. The minimum atomic E-state index is -0.179. The van der Waals surface area contributed by atoms with Crippen LogP contribution in [-0.4, -0.2) is 25.2 Å². The van der Waals surface area contributed by atoms with E-state index < -0.39 is 0 Å². The fourth-order valence-corrected chi connectivity index (χ4v) is 3.01. The van der Waals surface area contributed by atoms with Crippen LogP contribution in [0, 0.1) is 17.3 Å². The molecule has 0 aromatic carbocycles. The van der Waals surface area contributed by atoms with E-state index in [9.17, 15) is 4.79 Å². The van der Waals surface area contributed by atoms with E-state index >= 15 is 0 Å². The van der Waals surface area contributed by atoms with Crippen LogP contribution in [0.5, 0.6) is 0 Å². The average Bonchev–Trinajstić information content (AvgIpc) is 2.46. The third-order valence-corrected chi connectivity index (χ3v) is 3.85. The van der Waals surface area contributed by atoms with E-state index in [1.807, 2.05) is 0 Å². The van der Waals surface area contributed by atoms with Crippen molar-refractivity contribution in [1.82, 2.24) is 5.32 Å². The number of hydrogen-bond donors (Lipinski definition) is 1. The van der Waals surface area contributed by atoms with E-state index in [1.165, 1.54) is 13.5 Å². The smallest absolute Gasteiger partial charge is 0.323 e. The van der Waals surface area contributed by atoms with Gasteiger partial charge in [-0.25, -0.2) is 0 Å². The molecular formula is C14H27NO2. The fourth-order valence-electron chi connectivity index (χ4n) is 3.01. The normalized spacial score (nSPS) is 29.4. The monoisotopic (exact) mass is 241 g/mol. The number of rotatable bonds is 4. The summed E-state index contributed by atoms with van der Waals surface area (Å²) in [5.41, 5.74) is 0.384. The third kappa shape index (κ3) is 3.70. The average molecular weight is 241 g/mol. The van der Waals surface area contributed by atoms with Gasteiger partial charge in [0, 0.05) is 6.04 Å². The quantitative estimate of drug-likeness (QED) is 0.769. The topological polar surface area (TPSA) is 38.3 Å². The minimum Gasteiger partial charge on any atom is -0.468 e. The molecule has 1 saturated carbocycles. The zero-order valence-corrected chi connectivity index (χ0v) is 12.0. The van der Waals surface area contributed by atoms with Crippen LogP contribution in [0.3, 0.4) is 0 Å². The summed E-state index contributed by atoms with van der Waals surface area (Å²) in [6.45, 7) is 11.0. The highest BCUT2D eigenvalue weighted by Crippen LogP contribution is 2.41. The van der Waals surface area contributed by atoms with Gasteiger partial charge in [-0.3, -0.25) is 4.79 Å². The van der Waals surface area contributed by atoms with Crippen LogP contribution in [0.4, 0.5) is 0 Å². The number of ether oxygens (including phenoxy) is 1. The highest BCUT2D eigenvalue weighted by atomic mass is 16.5. The first kappa shape index (κ1) is 14.5. The summed E-state index contributed by atoms with van der Waals surface area (Å²) >= 11 is 0. The number of hydrogen-bond acceptors (Lipinski definition) is 3. The Labute approximate surface area is 105 Å². The second-order valence-corrected chi connectivity index (χ2v) is 6.57.